The minimum absolute atomic E-state index is 0.0619. The molecule has 2 heterocycles. The number of piperazine rings is 1. The van der Waals surface area contributed by atoms with Crippen molar-refractivity contribution in [1.29, 1.82) is 0 Å². The Kier molecular flexibility index (Phi) is 5.04. The Balaban J connectivity index is 1.52. The van der Waals surface area contributed by atoms with Crippen LogP contribution in [0, 0.1) is 0 Å². The number of hydrogen-bond acceptors (Lipinski definition) is 4. The van der Waals surface area contributed by atoms with Gasteiger partial charge in [0.15, 0.2) is 0 Å². The number of halogens is 2. The number of amides is 2. The molecule has 124 valence electrons. The monoisotopic (exact) mass is 356 g/mol. The summed E-state index contributed by atoms with van der Waals surface area (Å²) in [5.74, 6) is -0.161. The number of nitrogens with one attached hydrogen (secondary N) is 1. The van der Waals surface area contributed by atoms with Crippen LogP contribution in [0.4, 0.5) is 0 Å². The molecule has 2 amide bonds. The van der Waals surface area contributed by atoms with Crippen molar-refractivity contribution in [3.63, 3.8) is 0 Å². The fraction of sp³-hybridized carbons (Fsp3) is 0.533. The SMILES string of the molecule is O=C(CN1CCN(C(=O)c2nc(Cl)ccc2Cl)CC1)NC1CC1. The molecule has 3 rings (SSSR count). The minimum Gasteiger partial charge on any atom is -0.352 e. The molecule has 1 aromatic heterocycles. The Morgan fingerprint density at radius 2 is 1.87 bits per heavy atom. The van der Waals surface area contributed by atoms with Crippen LogP contribution in [0.25, 0.3) is 0 Å². The summed E-state index contributed by atoms with van der Waals surface area (Å²) in [6.45, 7) is 2.78. The molecular weight excluding hydrogens is 339 g/mol. The van der Waals surface area contributed by atoms with Gasteiger partial charge in [0.05, 0.1) is 11.6 Å². The van der Waals surface area contributed by atoms with E-state index in [1.54, 1.807) is 17.0 Å². The average molecular weight is 357 g/mol. The molecule has 6 nitrogen and oxygen atoms in total. The van der Waals surface area contributed by atoms with Crippen LogP contribution in [-0.4, -0.2) is 65.4 Å². The maximum Gasteiger partial charge on any atom is 0.274 e. The first-order chi connectivity index (χ1) is 11.0. The van der Waals surface area contributed by atoms with Gasteiger partial charge in [0, 0.05) is 32.2 Å². The first-order valence-electron chi connectivity index (χ1n) is 7.66. The van der Waals surface area contributed by atoms with E-state index in [1.165, 1.54) is 0 Å². The number of nitrogens with zero attached hydrogens (tertiary/aromatic N) is 3. The van der Waals surface area contributed by atoms with Crippen LogP contribution in [0.5, 0.6) is 0 Å². The summed E-state index contributed by atoms with van der Waals surface area (Å²) in [4.78, 5) is 32.0. The normalized spacial score (nSPS) is 18.8. The van der Waals surface area contributed by atoms with E-state index in [2.05, 4.69) is 15.2 Å². The Morgan fingerprint density at radius 1 is 1.17 bits per heavy atom. The standard InChI is InChI=1S/C15H18Cl2N4O2/c16-11-3-4-12(17)19-14(11)15(23)21-7-5-20(6-8-21)9-13(22)18-10-1-2-10/h3-4,10H,1-2,5-9H2,(H,18,22). The fourth-order valence-corrected chi connectivity index (χ4v) is 2.86. The second kappa shape index (κ2) is 7.03. The van der Waals surface area contributed by atoms with Crippen molar-refractivity contribution in [2.45, 2.75) is 18.9 Å². The van der Waals surface area contributed by atoms with E-state index in [0.717, 1.165) is 12.8 Å². The van der Waals surface area contributed by atoms with Gasteiger partial charge in [0.1, 0.15) is 10.8 Å². The molecule has 2 aliphatic rings. The summed E-state index contributed by atoms with van der Waals surface area (Å²) in [6.07, 6.45) is 2.17. The van der Waals surface area contributed by atoms with Gasteiger partial charge in [-0.2, -0.15) is 0 Å². The Hall–Kier alpha value is -1.37. The van der Waals surface area contributed by atoms with E-state index < -0.39 is 0 Å². The number of aromatic nitrogens is 1. The maximum absolute atomic E-state index is 12.5. The summed E-state index contributed by atoms with van der Waals surface area (Å²) >= 11 is 11.9. The highest BCUT2D eigenvalue weighted by Crippen LogP contribution is 2.20. The molecule has 0 atom stereocenters. The van der Waals surface area contributed by atoms with Crippen molar-refractivity contribution in [3.8, 4) is 0 Å². The lowest BCUT2D eigenvalue weighted by Crippen LogP contribution is -2.51. The van der Waals surface area contributed by atoms with Crippen molar-refractivity contribution in [3.05, 3.63) is 28.0 Å². The molecule has 0 aromatic carbocycles. The maximum atomic E-state index is 12.5. The highest BCUT2D eigenvalue weighted by molar-refractivity contribution is 6.34. The van der Waals surface area contributed by atoms with Crippen LogP contribution in [0.2, 0.25) is 10.2 Å². The predicted octanol–water partition coefficient (Wildman–Crippen LogP) is 1.42. The van der Waals surface area contributed by atoms with Gasteiger partial charge in [-0.15, -0.1) is 0 Å². The molecule has 0 bridgehead atoms. The van der Waals surface area contributed by atoms with Crippen LogP contribution < -0.4 is 5.32 Å². The third-order valence-corrected chi connectivity index (χ3v) is 4.50. The van der Waals surface area contributed by atoms with Gasteiger partial charge >= 0.3 is 0 Å². The van der Waals surface area contributed by atoms with Crippen molar-refractivity contribution >= 4 is 35.0 Å². The third kappa shape index (κ3) is 4.34. The van der Waals surface area contributed by atoms with E-state index in [0.29, 0.717) is 43.8 Å². The van der Waals surface area contributed by atoms with E-state index in [4.69, 9.17) is 23.2 Å². The zero-order valence-electron chi connectivity index (χ0n) is 12.6. The summed E-state index contributed by atoms with van der Waals surface area (Å²) < 4.78 is 0. The van der Waals surface area contributed by atoms with Crippen LogP contribution in [-0.2, 0) is 4.79 Å². The molecular formula is C15H18Cl2N4O2. The summed E-state index contributed by atoms with van der Waals surface area (Å²) in [6, 6.07) is 3.50. The highest BCUT2D eigenvalue weighted by atomic mass is 35.5. The lowest BCUT2D eigenvalue weighted by Gasteiger charge is -2.34. The van der Waals surface area contributed by atoms with Gasteiger partial charge in [0.25, 0.3) is 5.91 Å². The topological polar surface area (TPSA) is 65.5 Å². The lowest BCUT2D eigenvalue weighted by molar-refractivity contribution is -0.122. The third-order valence-electron chi connectivity index (χ3n) is 3.98. The number of hydrogen-bond donors (Lipinski definition) is 1. The summed E-state index contributed by atoms with van der Waals surface area (Å²) in [7, 11) is 0. The largest absolute Gasteiger partial charge is 0.352 e. The second-order valence-corrected chi connectivity index (χ2v) is 6.67. The Labute approximate surface area is 144 Å². The molecule has 1 saturated carbocycles. The molecule has 2 fully saturated rings. The van der Waals surface area contributed by atoms with E-state index in [-0.39, 0.29) is 22.7 Å². The Bertz CT molecular complexity index is 613. The van der Waals surface area contributed by atoms with Crippen LogP contribution in [0.1, 0.15) is 23.3 Å². The molecule has 1 aliphatic heterocycles. The van der Waals surface area contributed by atoms with Gasteiger partial charge in [0.2, 0.25) is 5.91 Å². The fourth-order valence-electron chi connectivity index (χ4n) is 2.53. The predicted molar refractivity (Wildman–Crippen MR) is 87.8 cm³/mol. The first-order valence-corrected chi connectivity index (χ1v) is 8.41. The second-order valence-electron chi connectivity index (χ2n) is 5.87. The Morgan fingerprint density at radius 3 is 2.52 bits per heavy atom. The minimum atomic E-state index is -0.223. The smallest absolute Gasteiger partial charge is 0.274 e. The molecule has 0 radical (unpaired) electrons. The lowest BCUT2D eigenvalue weighted by atomic mass is 10.2. The summed E-state index contributed by atoms with van der Waals surface area (Å²) in [5.41, 5.74) is 0.180. The molecule has 1 aliphatic carbocycles. The number of pyridine rings is 1. The van der Waals surface area contributed by atoms with Gasteiger partial charge in [-0.05, 0) is 25.0 Å². The zero-order chi connectivity index (χ0) is 16.4. The highest BCUT2D eigenvalue weighted by Gasteiger charge is 2.27. The van der Waals surface area contributed by atoms with E-state index >= 15 is 0 Å². The molecule has 8 heteroatoms. The number of carbonyl (C=O) groups is 2. The molecule has 1 aromatic rings. The van der Waals surface area contributed by atoms with E-state index in [9.17, 15) is 9.59 Å². The van der Waals surface area contributed by atoms with Crippen LogP contribution in [0.15, 0.2) is 12.1 Å². The van der Waals surface area contributed by atoms with E-state index in [1.807, 2.05) is 0 Å². The van der Waals surface area contributed by atoms with Crippen molar-refractivity contribution < 1.29 is 9.59 Å². The van der Waals surface area contributed by atoms with Gasteiger partial charge in [-0.1, -0.05) is 23.2 Å². The number of rotatable bonds is 4. The summed E-state index contributed by atoms with van der Waals surface area (Å²) in [5, 5.41) is 3.51. The molecule has 0 spiro atoms. The van der Waals surface area contributed by atoms with Gasteiger partial charge in [-0.25, -0.2) is 4.98 Å². The quantitative estimate of drug-likeness (QED) is 0.828. The molecule has 1 N–H and O–H groups in total. The first kappa shape index (κ1) is 16.5. The molecule has 23 heavy (non-hydrogen) atoms. The van der Waals surface area contributed by atoms with Gasteiger partial charge < -0.3 is 10.2 Å². The van der Waals surface area contributed by atoms with Crippen molar-refractivity contribution in [2.75, 3.05) is 32.7 Å². The number of carbonyl (C=O) groups excluding carboxylic acids is 2. The average Bonchev–Trinajstić information content (AvgIpc) is 3.33. The van der Waals surface area contributed by atoms with Crippen LogP contribution in [0.3, 0.4) is 0 Å². The van der Waals surface area contributed by atoms with Crippen LogP contribution >= 0.6 is 23.2 Å². The zero-order valence-corrected chi connectivity index (χ0v) is 14.1. The van der Waals surface area contributed by atoms with Gasteiger partial charge in [-0.3, -0.25) is 14.5 Å². The van der Waals surface area contributed by atoms with Crippen molar-refractivity contribution in [1.82, 2.24) is 20.1 Å². The van der Waals surface area contributed by atoms with Crippen molar-refractivity contribution in [2.24, 2.45) is 0 Å². The molecule has 0 unspecified atom stereocenters. The molecule has 1 saturated heterocycles.